The van der Waals surface area contributed by atoms with Crippen molar-refractivity contribution in [2.24, 2.45) is 0 Å². The predicted octanol–water partition coefficient (Wildman–Crippen LogP) is 6.84. The van der Waals surface area contributed by atoms with Crippen LogP contribution in [0.5, 0.6) is 0 Å². The number of para-hydroxylation sites is 1. The first kappa shape index (κ1) is 22.4. The average molecular weight is 438 g/mol. The molecule has 0 aliphatic rings. The molecule has 166 valence electrons. The first-order chi connectivity index (χ1) is 16.0. The summed E-state index contributed by atoms with van der Waals surface area (Å²) < 4.78 is 5.74. The van der Waals surface area contributed by atoms with Crippen LogP contribution in [0.3, 0.4) is 0 Å². The molecule has 1 heterocycles. The summed E-state index contributed by atoms with van der Waals surface area (Å²) in [6, 6.07) is 26.4. The van der Waals surface area contributed by atoms with Crippen LogP contribution in [0.4, 0.5) is 0 Å². The molecule has 0 spiro atoms. The quantitative estimate of drug-likeness (QED) is 0.234. The van der Waals surface area contributed by atoms with Gasteiger partial charge in [-0.15, -0.1) is 0 Å². The normalized spacial score (nSPS) is 12.0. The number of hydrogen-bond donors (Lipinski definition) is 0. The molecule has 0 fully saturated rings. The van der Waals surface area contributed by atoms with Gasteiger partial charge >= 0.3 is 5.97 Å². The van der Waals surface area contributed by atoms with Gasteiger partial charge in [-0.2, -0.15) is 0 Å². The number of pyridine rings is 1. The number of ketones is 1. The number of ether oxygens (including phenoxy) is 1. The predicted molar refractivity (Wildman–Crippen MR) is 132 cm³/mol. The molecule has 33 heavy (non-hydrogen) atoms. The molecular weight excluding hydrogens is 410 g/mol. The van der Waals surface area contributed by atoms with Crippen LogP contribution in [-0.4, -0.2) is 22.8 Å². The van der Waals surface area contributed by atoms with Crippen molar-refractivity contribution in [1.82, 2.24) is 4.98 Å². The van der Waals surface area contributed by atoms with Crippen molar-refractivity contribution >= 4 is 22.7 Å². The van der Waals surface area contributed by atoms with Crippen LogP contribution < -0.4 is 0 Å². The summed E-state index contributed by atoms with van der Waals surface area (Å²) in [5, 5.41) is 0.701. The maximum Gasteiger partial charge on any atom is 0.339 e. The van der Waals surface area contributed by atoms with Crippen molar-refractivity contribution in [2.75, 3.05) is 0 Å². The topological polar surface area (TPSA) is 56.3 Å². The Labute approximate surface area is 194 Å². The molecule has 1 aromatic heterocycles. The van der Waals surface area contributed by atoms with E-state index in [1.165, 1.54) is 5.56 Å². The lowest BCUT2D eigenvalue weighted by Crippen LogP contribution is -2.27. The van der Waals surface area contributed by atoms with Gasteiger partial charge in [0.2, 0.25) is 5.78 Å². The lowest BCUT2D eigenvalue weighted by Gasteiger charge is -2.16. The molecule has 4 heteroatoms. The summed E-state index contributed by atoms with van der Waals surface area (Å²) in [5.41, 5.74) is 4.50. The van der Waals surface area contributed by atoms with E-state index in [1.54, 1.807) is 30.3 Å². The molecule has 0 bridgehead atoms. The molecule has 0 aliphatic heterocycles. The Kier molecular flexibility index (Phi) is 6.64. The third-order valence-corrected chi connectivity index (χ3v) is 5.78. The van der Waals surface area contributed by atoms with Crippen LogP contribution in [0.1, 0.15) is 59.4 Å². The fourth-order valence-corrected chi connectivity index (χ4v) is 3.83. The Hall–Kier alpha value is -3.79. The lowest BCUT2D eigenvalue weighted by atomic mass is 9.99. The van der Waals surface area contributed by atoms with Crippen molar-refractivity contribution in [2.45, 2.75) is 39.2 Å². The Morgan fingerprint density at radius 3 is 2.21 bits per heavy atom. The third-order valence-electron chi connectivity index (χ3n) is 5.78. The van der Waals surface area contributed by atoms with E-state index in [2.05, 4.69) is 26.0 Å². The highest BCUT2D eigenvalue weighted by molar-refractivity contribution is 6.06. The molecule has 0 aliphatic carbocycles. The summed E-state index contributed by atoms with van der Waals surface area (Å²) in [7, 11) is 0. The summed E-state index contributed by atoms with van der Waals surface area (Å²) in [4.78, 5) is 31.0. The number of hydrogen-bond acceptors (Lipinski definition) is 4. The number of aromatic nitrogens is 1. The molecule has 4 rings (SSSR count). The van der Waals surface area contributed by atoms with Gasteiger partial charge in [0.05, 0.1) is 16.8 Å². The van der Waals surface area contributed by atoms with E-state index < -0.39 is 12.1 Å². The molecule has 0 saturated heterocycles. The summed E-state index contributed by atoms with van der Waals surface area (Å²) in [6.45, 7) is 6.14. The summed E-state index contributed by atoms with van der Waals surface area (Å²) in [6.07, 6.45) is -0.452. The number of rotatable bonds is 7. The second kappa shape index (κ2) is 9.78. The molecule has 0 unspecified atom stereocenters. The smallest absolute Gasteiger partial charge is 0.339 e. The van der Waals surface area contributed by atoms with E-state index in [9.17, 15) is 9.59 Å². The standard InChI is InChI=1S/C29H27NO3/c1-4-27(28(31)22-10-6-5-7-11-22)33-29(32)24-18-26(30-25-13-9-8-12-23(24)25)21-16-14-20(15-17-21)19(2)3/h5-19,27H,4H2,1-3H3/t27-/m0/s1. The van der Waals surface area contributed by atoms with E-state index in [-0.39, 0.29) is 5.78 Å². The van der Waals surface area contributed by atoms with Gasteiger partial charge in [-0.25, -0.2) is 9.78 Å². The van der Waals surface area contributed by atoms with Gasteiger partial charge in [0.15, 0.2) is 6.10 Å². The van der Waals surface area contributed by atoms with Gasteiger partial charge in [-0.1, -0.05) is 93.6 Å². The molecular formula is C29H27NO3. The minimum absolute atomic E-state index is 0.200. The molecule has 0 saturated carbocycles. The van der Waals surface area contributed by atoms with E-state index in [0.717, 1.165) is 5.56 Å². The largest absolute Gasteiger partial charge is 0.450 e. The Morgan fingerprint density at radius 1 is 0.879 bits per heavy atom. The van der Waals surface area contributed by atoms with Crippen molar-refractivity contribution < 1.29 is 14.3 Å². The van der Waals surface area contributed by atoms with Crippen LogP contribution in [0.15, 0.2) is 84.9 Å². The zero-order valence-corrected chi connectivity index (χ0v) is 19.1. The number of esters is 1. The first-order valence-electron chi connectivity index (χ1n) is 11.3. The summed E-state index contributed by atoms with van der Waals surface area (Å²) >= 11 is 0. The van der Waals surface area contributed by atoms with E-state index in [4.69, 9.17) is 9.72 Å². The second-order valence-electron chi connectivity index (χ2n) is 8.38. The average Bonchev–Trinajstić information content (AvgIpc) is 2.86. The molecule has 0 radical (unpaired) electrons. The number of benzene rings is 3. The molecule has 3 aromatic carbocycles. The third kappa shape index (κ3) is 4.85. The van der Waals surface area contributed by atoms with E-state index >= 15 is 0 Å². The van der Waals surface area contributed by atoms with Gasteiger partial charge < -0.3 is 4.74 Å². The Morgan fingerprint density at radius 2 is 1.55 bits per heavy atom. The number of carbonyl (C=O) groups excluding carboxylic acids is 2. The highest BCUT2D eigenvalue weighted by Crippen LogP contribution is 2.27. The monoisotopic (exact) mass is 437 g/mol. The fraction of sp³-hybridized carbons (Fsp3) is 0.207. The van der Waals surface area contributed by atoms with E-state index in [1.807, 2.05) is 49.4 Å². The number of Topliss-reactive ketones (excluding diaryl/α,β-unsaturated/α-hetero) is 1. The van der Waals surface area contributed by atoms with Crippen LogP contribution in [0.25, 0.3) is 22.2 Å². The van der Waals surface area contributed by atoms with Gasteiger partial charge in [0.1, 0.15) is 0 Å². The van der Waals surface area contributed by atoms with Gasteiger partial charge in [0, 0.05) is 16.5 Å². The van der Waals surface area contributed by atoms with Gasteiger partial charge in [0.25, 0.3) is 0 Å². The molecule has 0 amide bonds. The molecule has 4 aromatic rings. The molecule has 1 atom stereocenters. The highest BCUT2D eigenvalue weighted by atomic mass is 16.5. The zero-order chi connectivity index (χ0) is 23.4. The minimum Gasteiger partial charge on any atom is -0.450 e. The Bertz CT molecular complexity index is 1280. The van der Waals surface area contributed by atoms with Crippen LogP contribution in [-0.2, 0) is 4.74 Å². The van der Waals surface area contributed by atoms with Crippen molar-refractivity contribution in [3.8, 4) is 11.3 Å². The van der Waals surface area contributed by atoms with Crippen molar-refractivity contribution in [3.63, 3.8) is 0 Å². The minimum atomic E-state index is -0.847. The highest BCUT2D eigenvalue weighted by Gasteiger charge is 2.24. The maximum absolute atomic E-state index is 13.3. The van der Waals surface area contributed by atoms with Crippen LogP contribution in [0, 0.1) is 0 Å². The van der Waals surface area contributed by atoms with Crippen molar-refractivity contribution in [3.05, 3.63) is 102 Å². The SMILES string of the molecule is CC[C@H](OC(=O)c1cc(-c2ccc(C(C)C)cc2)nc2ccccc12)C(=O)c1ccccc1. The van der Waals surface area contributed by atoms with Crippen molar-refractivity contribution in [1.29, 1.82) is 0 Å². The van der Waals surface area contributed by atoms with Gasteiger partial charge in [-0.3, -0.25) is 4.79 Å². The Balaban J connectivity index is 1.70. The molecule has 4 nitrogen and oxygen atoms in total. The number of nitrogens with zero attached hydrogens (tertiary/aromatic N) is 1. The van der Waals surface area contributed by atoms with Crippen LogP contribution >= 0.6 is 0 Å². The van der Waals surface area contributed by atoms with E-state index in [0.29, 0.717) is 40.1 Å². The lowest BCUT2D eigenvalue weighted by molar-refractivity contribution is 0.0279. The first-order valence-corrected chi connectivity index (χ1v) is 11.3. The summed E-state index contributed by atoms with van der Waals surface area (Å²) in [5.74, 6) is -0.290. The maximum atomic E-state index is 13.3. The second-order valence-corrected chi connectivity index (χ2v) is 8.38. The van der Waals surface area contributed by atoms with Crippen LogP contribution in [0.2, 0.25) is 0 Å². The number of fused-ring (bicyclic) bond motifs is 1. The molecule has 0 N–H and O–H groups in total. The van der Waals surface area contributed by atoms with Gasteiger partial charge in [-0.05, 0) is 30.0 Å². The number of carbonyl (C=O) groups is 2. The zero-order valence-electron chi connectivity index (χ0n) is 19.1. The fourth-order valence-electron chi connectivity index (χ4n) is 3.83.